The monoisotopic (exact) mass is 336 g/mol. The first-order valence-corrected chi connectivity index (χ1v) is 7.55. The second-order valence-corrected chi connectivity index (χ2v) is 5.87. The third-order valence-corrected chi connectivity index (χ3v) is 3.21. The van der Waals surface area contributed by atoms with Crippen molar-refractivity contribution in [1.82, 2.24) is 5.32 Å². The summed E-state index contributed by atoms with van der Waals surface area (Å²) in [7, 11) is 0. The van der Waals surface area contributed by atoms with Crippen LogP contribution < -0.4 is 15.4 Å². The Morgan fingerprint density at radius 2 is 2.17 bits per heavy atom. The van der Waals surface area contributed by atoms with E-state index < -0.39 is 17.4 Å². The lowest BCUT2D eigenvalue weighted by Gasteiger charge is -2.21. The molecule has 1 unspecified atom stereocenters. The highest BCUT2D eigenvalue weighted by molar-refractivity contribution is 5.89. The van der Waals surface area contributed by atoms with Gasteiger partial charge in [-0.15, -0.1) is 0 Å². The van der Waals surface area contributed by atoms with Crippen molar-refractivity contribution in [1.29, 1.82) is 0 Å². The van der Waals surface area contributed by atoms with E-state index in [0.29, 0.717) is 11.5 Å². The van der Waals surface area contributed by atoms with Crippen molar-refractivity contribution in [3.63, 3.8) is 0 Å². The van der Waals surface area contributed by atoms with E-state index in [0.717, 1.165) is 0 Å². The normalized spacial score (nSPS) is 13.4. The predicted molar refractivity (Wildman–Crippen MR) is 87.5 cm³/mol. The van der Waals surface area contributed by atoms with Gasteiger partial charge in [-0.25, -0.2) is 9.18 Å². The van der Waals surface area contributed by atoms with Gasteiger partial charge in [0.25, 0.3) is 0 Å². The highest BCUT2D eigenvalue weighted by atomic mass is 19.1. The lowest BCUT2D eigenvalue weighted by atomic mass is 10.0. The first-order valence-electron chi connectivity index (χ1n) is 7.55. The average Bonchev–Trinajstić information content (AvgIpc) is 3.03. The zero-order valence-corrected chi connectivity index (χ0v) is 13.8. The zero-order valence-electron chi connectivity index (χ0n) is 13.8. The predicted octanol–water partition coefficient (Wildman–Crippen LogP) is 3.24. The van der Waals surface area contributed by atoms with Gasteiger partial charge in [-0.3, -0.25) is 0 Å². The first kappa shape index (κ1) is 17.8. The fraction of sp³-hybridized carbons (Fsp3) is 0.353. The number of furan rings is 1. The van der Waals surface area contributed by atoms with Crippen molar-refractivity contribution in [3.8, 4) is 5.75 Å². The van der Waals surface area contributed by atoms with Crippen molar-refractivity contribution < 1.29 is 23.4 Å². The lowest BCUT2D eigenvalue weighted by Crippen LogP contribution is -2.40. The Labute approximate surface area is 139 Å². The molecular formula is C17H21FN2O4. The molecule has 24 heavy (non-hydrogen) atoms. The molecule has 0 fully saturated rings. The number of halogens is 1. The number of benzene rings is 1. The van der Waals surface area contributed by atoms with Crippen LogP contribution in [-0.4, -0.2) is 23.8 Å². The topological polar surface area (TPSA) is 83.7 Å². The summed E-state index contributed by atoms with van der Waals surface area (Å²) in [6, 6.07) is 6.79. The Morgan fingerprint density at radius 1 is 1.42 bits per heavy atom. The molecule has 0 spiro atoms. The summed E-state index contributed by atoms with van der Waals surface area (Å²) >= 11 is 0. The van der Waals surface area contributed by atoms with Gasteiger partial charge in [-0.05, 0) is 45.0 Å². The van der Waals surface area contributed by atoms with Crippen molar-refractivity contribution in [2.75, 3.05) is 11.9 Å². The van der Waals surface area contributed by atoms with E-state index in [2.05, 4.69) is 10.6 Å². The molecule has 7 heteroatoms. The Hall–Kier alpha value is -2.54. The summed E-state index contributed by atoms with van der Waals surface area (Å²) in [6.45, 7) is 5.08. The molecule has 1 atom stereocenters. The Morgan fingerprint density at radius 3 is 2.75 bits per heavy atom. The number of anilines is 1. The molecule has 0 saturated carbocycles. The van der Waals surface area contributed by atoms with Gasteiger partial charge in [0.15, 0.2) is 0 Å². The fourth-order valence-corrected chi connectivity index (χ4v) is 2.03. The lowest BCUT2D eigenvalue weighted by molar-refractivity contribution is 0.0372. The summed E-state index contributed by atoms with van der Waals surface area (Å²) in [5.74, 6) is 0.0967. The molecule has 0 aliphatic heterocycles. The van der Waals surface area contributed by atoms with E-state index in [1.54, 1.807) is 18.2 Å². The van der Waals surface area contributed by atoms with Crippen LogP contribution in [0.3, 0.4) is 0 Å². The number of nitrogens with one attached hydrogen (secondary N) is 2. The van der Waals surface area contributed by atoms with Crippen LogP contribution >= 0.6 is 0 Å². The number of hydrogen-bond donors (Lipinski definition) is 3. The summed E-state index contributed by atoms with van der Waals surface area (Å²) in [5.41, 5.74) is -1.35. The minimum atomic E-state index is -1.37. The van der Waals surface area contributed by atoms with E-state index in [-0.39, 0.29) is 18.3 Å². The van der Waals surface area contributed by atoms with Gasteiger partial charge < -0.3 is 24.9 Å². The quantitative estimate of drug-likeness (QED) is 0.756. The maximum Gasteiger partial charge on any atom is 0.319 e. The highest BCUT2D eigenvalue weighted by Gasteiger charge is 2.26. The molecule has 0 saturated heterocycles. The average molecular weight is 336 g/mol. The number of rotatable bonds is 6. The SMILES string of the molecule is CC(C)Oc1ccc(NC(=O)NCC(C)(O)c2ccco2)c(F)c1. The number of amides is 2. The summed E-state index contributed by atoms with van der Waals surface area (Å²) < 4.78 is 24.5. The van der Waals surface area contributed by atoms with E-state index >= 15 is 0 Å². The van der Waals surface area contributed by atoms with Crippen LogP contribution in [0.5, 0.6) is 5.75 Å². The molecular weight excluding hydrogens is 315 g/mol. The van der Waals surface area contributed by atoms with Crippen molar-refractivity contribution in [2.24, 2.45) is 0 Å². The van der Waals surface area contributed by atoms with Gasteiger partial charge in [0, 0.05) is 6.07 Å². The number of carbonyl (C=O) groups excluding carboxylic acids is 1. The molecule has 0 aliphatic rings. The zero-order chi connectivity index (χ0) is 17.7. The third kappa shape index (κ3) is 4.73. The molecule has 0 aliphatic carbocycles. The molecule has 0 radical (unpaired) electrons. The number of aliphatic hydroxyl groups is 1. The molecule has 0 bridgehead atoms. The van der Waals surface area contributed by atoms with Crippen LogP contribution in [0, 0.1) is 5.82 Å². The van der Waals surface area contributed by atoms with Gasteiger partial charge in [0.1, 0.15) is 22.9 Å². The molecule has 2 amide bonds. The number of urea groups is 1. The van der Waals surface area contributed by atoms with Crippen LogP contribution in [0.2, 0.25) is 0 Å². The van der Waals surface area contributed by atoms with Crippen molar-refractivity contribution in [2.45, 2.75) is 32.5 Å². The molecule has 6 nitrogen and oxygen atoms in total. The molecule has 3 N–H and O–H groups in total. The van der Waals surface area contributed by atoms with Gasteiger partial charge in [-0.2, -0.15) is 0 Å². The van der Waals surface area contributed by atoms with Crippen LogP contribution in [0.1, 0.15) is 26.5 Å². The van der Waals surface area contributed by atoms with Crippen LogP contribution in [0.4, 0.5) is 14.9 Å². The summed E-state index contributed by atoms with van der Waals surface area (Å²) in [5, 5.41) is 15.1. The van der Waals surface area contributed by atoms with Crippen LogP contribution in [-0.2, 0) is 5.60 Å². The Kier molecular flexibility index (Phi) is 5.46. The van der Waals surface area contributed by atoms with Gasteiger partial charge in [0.05, 0.1) is 24.6 Å². The second kappa shape index (κ2) is 7.35. The number of hydrogen-bond acceptors (Lipinski definition) is 4. The van der Waals surface area contributed by atoms with E-state index in [9.17, 15) is 14.3 Å². The molecule has 2 aromatic rings. The van der Waals surface area contributed by atoms with Crippen LogP contribution in [0.25, 0.3) is 0 Å². The van der Waals surface area contributed by atoms with Gasteiger partial charge in [-0.1, -0.05) is 0 Å². The second-order valence-electron chi connectivity index (χ2n) is 5.87. The maximum absolute atomic E-state index is 14.0. The highest BCUT2D eigenvalue weighted by Crippen LogP contribution is 2.22. The number of carbonyl (C=O) groups is 1. The Bertz CT molecular complexity index is 684. The summed E-state index contributed by atoms with van der Waals surface area (Å²) in [4.78, 5) is 11.9. The molecule has 1 aromatic carbocycles. The largest absolute Gasteiger partial charge is 0.491 e. The smallest absolute Gasteiger partial charge is 0.319 e. The molecule has 1 aromatic heterocycles. The van der Waals surface area contributed by atoms with Gasteiger partial charge >= 0.3 is 6.03 Å². The third-order valence-electron chi connectivity index (χ3n) is 3.21. The maximum atomic E-state index is 14.0. The number of ether oxygens (including phenoxy) is 1. The molecule has 2 rings (SSSR count). The Balaban J connectivity index is 1.93. The summed E-state index contributed by atoms with van der Waals surface area (Å²) in [6.07, 6.45) is 1.36. The van der Waals surface area contributed by atoms with Crippen LogP contribution in [0.15, 0.2) is 41.0 Å². The minimum Gasteiger partial charge on any atom is -0.491 e. The van der Waals surface area contributed by atoms with E-state index in [1.165, 1.54) is 25.3 Å². The van der Waals surface area contributed by atoms with E-state index in [4.69, 9.17) is 9.15 Å². The fourth-order valence-electron chi connectivity index (χ4n) is 2.03. The van der Waals surface area contributed by atoms with E-state index in [1.807, 2.05) is 13.8 Å². The van der Waals surface area contributed by atoms with Crippen molar-refractivity contribution >= 4 is 11.7 Å². The molecule has 1 heterocycles. The van der Waals surface area contributed by atoms with Gasteiger partial charge in [0.2, 0.25) is 0 Å². The standard InChI is InChI=1S/C17H21FN2O4/c1-11(2)24-12-6-7-14(13(18)9-12)20-16(21)19-10-17(3,22)15-5-4-8-23-15/h4-9,11,22H,10H2,1-3H3,(H2,19,20,21). The van der Waals surface area contributed by atoms with Crippen molar-refractivity contribution in [3.05, 3.63) is 48.2 Å². The molecule has 130 valence electrons. The minimum absolute atomic E-state index is 0.0150. The first-order chi connectivity index (χ1) is 11.3.